The topological polar surface area (TPSA) is 99.3 Å². The highest BCUT2D eigenvalue weighted by molar-refractivity contribution is 7.89. The molecule has 0 bridgehead atoms. The average Bonchev–Trinajstić information content (AvgIpc) is 3.12. The van der Waals surface area contributed by atoms with Crippen LogP contribution in [-0.4, -0.2) is 64.1 Å². The number of carbonyl (C=O) groups is 1. The Morgan fingerprint density at radius 1 is 1.31 bits per heavy atom. The Hall–Kier alpha value is -2.04. The largest absolute Gasteiger partial charge is 0.332 e. The zero-order valence-corrected chi connectivity index (χ0v) is 15.6. The van der Waals surface area contributed by atoms with Crippen molar-refractivity contribution in [1.29, 1.82) is 0 Å². The number of amides is 1. The molecule has 1 amide bonds. The zero-order chi connectivity index (χ0) is 19.1. The van der Waals surface area contributed by atoms with Crippen LogP contribution in [0.1, 0.15) is 24.3 Å². The lowest BCUT2D eigenvalue weighted by molar-refractivity contribution is 0.0501. The van der Waals surface area contributed by atoms with E-state index in [9.17, 15) is 17.6 Å². The fourth-order valence-corrected chi connectivity index (χ4v) is 4.92. The number of aromatic nitrogens is 3. The van der Waals surface area contributed by atoms with Gasteiger partial charge in [0.15, 0.2) is 0 Å². The van der Waals surface area contributed by atoms with Crippen molar-refractivity contribution in [3.05, 3.63) is 40.9 Å². The fraction of sp³-hybridized carbons (Fsp3) is 0.400. The number of H-pyrrole nitrogens is 1. The third-order valence-corrected chi connectivity index (χ3v) is 6.60. The summed E-state index contributed by atoms with van der Waals surface area (Å²) in [6.07, 6.45) is 1.32. The molecule has 0 aliphatic carbocycles. The zero-order valence-electron chi connectivity index (χ0n) is 14.1. The van der Waals surface area contributed by atoms with Crippen molar-refractivity contribution in [2.45, 2.75) is 30.8 Å². The maximum absolute atomic E-state index is 13.3. The Morgan fingerprint density at radius 3 is 2.65 bits per heavy atom. The van der Waals surface area contributed by atoms with E-state index in [1.54, 1.807) is 18.7 Å². The van der Waals surface area contributed by atoms with E-state index in [-0.39, 0.29) is 40.7 Å². The van der Waals surface area contributed by atoms with Crippen LogP contribution in [0, 0.1) is 5.82 Å². The minimum Gasteiger partial charge on any atom is -0.332 e. The van der Waals surface area contributed by atoms with Crippen molar-refractivity contribution in [2.24, 2.45) is 0 Å². The van der Waals surface area contributed by atoms with E-state index in [2.05, 4.69) is 15.4 Å². The fourth-order valence-electron chi connectivity index (χ4n) is 2.94. The van der Waals surface area contributed by atoms with E-state index >= 15 is 0 Å². The van der Waals surface area contributed by atoms with Gasteiger partial charge in [-0.15, -0.1) is 5.10 Å². The van der Waals surface area contributed by atoms with Gasteiger partial charge in [0.1, 0.15) is 11.5 Å². The first-order valence-corrected chi connectivity index (χ1v) is 9.67. The summed E-state index contributed by atoms with van der Waals surface area (Å²) in [6, 6.07) is 2.46. The van der Waals surface area contributed by atoms with Gasteiger partial charge in [-0.2, -0.15) is 4.31 Å². The number of halogens is 2. The normalized spacial score (nSPS) is 21.8. The maximum Gasteiger partial charge on any atom is 0.273 e. The number of aromatic amines is 1. The number of carbonyl (C=O) groups excluding carboxylic acids is 1. The first-order valence-electron chi connectivity index (χ1n) is 7.85. The van der Waals surface area contributed by atoms with Crippen LogP contribution in [0.25, 0.3) is 0 Å². The molecule has 2 heterocycles. The molecule has 2 aromatic rings. The summed E-state index contributed by atoms with van der Waals surface area (Å²) in [5.41, 5.74) is 0.241. The summed E-state index contributed by atoms with van der Waals surface area (Å²) in [7, 11) is -3.87. The Bertz CT molecular complexity index is 921. The third kappa shape index (κ3) is 3.31. The Kier molecular flexibility index (Phi) is 5.00. The monoisotopic (exact) mass is 401 g/mol. The first kappa shape index (κ1) is 18.7. The molecule has 0 spiro atoms. The molecule has 0 unspecified atom stereocenters. The van der Waals surface area contributed by atoms with E-state index in [0.29, 0.717) is 0 Å². The molecule has 0 radical (unpaired) electrons. The summed E-state index contributed by atoms with van der Waals surface area (Å²) in [5.74, 6) is -0.980. The maximum atomic E-state index is 13.3. The van der Waals surface area contributed by atoms with Crippen LogP contribution in [0.2, 0.25) is 5.02 Å². The van der Waals surface area contributed by atoms with Gasteiger partial charge >= 0.3 is 0 Å². The van der Waals surface area contributed by atoms with Gasteiger partial charge < -0.3 is 4.90 Å². The van der Waals surface area contributed by atoms with Crippen LogP contribution in [0.5, 0.6) is 0 Å². The molecular weight excluding hydrogens is 385 g/mol. The van der Waals surface area contributed by atoms with Crippen LogP contribution in [-0.2, 0) is 10.0 Å². The second kappa shape index (κ2) is 6.93. The standard InChI is InChI=1S/C15H17ClFN5O3S/c1-9-8-22(26(24,25)11-3-4-13(17)12(16)5-11)10(2)7-21(9)15(23)14-6-18-20-19-14/h3-6,9-10H,7-8H2,1-2H3,(H,18,19,20)/t9-,10+/m0/s1. The molecule has 1 aromatic heterocycles. The second-order valence-electron chi connectivity index (χ2n) is 6.18. The van der Waals surface area contributed by atoms with Crippen LogP contribution < -0.4 is 0 Å². The van der Waals surface area contributed by atoms with Gasteiger partial charge in [-0.05, 0) is 32.0 Å². The summed E-state index contributed by atoms with van der Waals surface area (Å²) in [5, 5.41) is 9.37. The summed E-state index contributed by atoms with van der Waals surface area (Å²) < 4.78 is 40.5. The Labute approximate surface area is 155 Å². The molecule has 0 saturated carbocycles. The molecular formula is C15H17ClFN5O3S. The second-order valence-corrected chi connectivity index (χ2v) is 8.47. The van der Waals surface area contributed by atoms with Gasteiger partial charge in [-0.25, -0.2) is 12.8 Å². The Morgan fingerprint density at radius 2 is 2.04 bits per heavy atom. The number of rotatable bonds is 3. The molecule has 8 nitrogen and oxygen atoms in total. The number of nitrogens with zero attached hydrogens (tertiary/aromatic N) is 4. The Balaban J connectivity index is 1.84. The number of hydrogen-bond acceptors (Lipinski definition) is 5. The number of benzene rings is 1. The van der Waals surface area contributed by atoms with E-state index in [0.717, 1.165) is 12.1 Å². The van der Waals surface area contributed by atoms with E-state index in [4.69, 9.17) is 11.6 Å². The van der Waals surface area contributed by atoms with Crippen LogP contribution in [0.15, 0.2) is 29.3 Å². The van der Waals surface area contributed by atoms with Crippen molar-refractivity contribution < 1.29 is 17.6 Å². The summed E-state index contributed by atoms with van der Waals surface area (Å²) in [6.45, 7) is 3.77. The molecule has 3 rings (SSSR count). The SMILES string of the molecule is C[C@@H]1CN(C(=O)c2cnn[nH]2)[C@@H](C)CN1S(=O)(=O)c1ccc(F)c(Cl)c1. The smallest absolute Gasteiger partial charge is 0.273 e. The van der Waals surface area contributed by atoms with Crippen LogP contribution in [0.3, 0.4) is 0 Å². The average molecular weight is 402 g/mol. The van der Waals surface area contributed by atoms with Crippen molar-refractivity contribution >= 4 is 27.5 Å². The van der Waals surface area contributed by atoms with E-state index in [1.165, 1.54) is 16.6 Å². The van der Waals surface area contributed by atoms with Crippen LogP contribution >= 0.6 is 11.6 Å². The molecule has 1 aromatic carbocycles. The van der Waals surface area contributed by atoms with Gasteiger partial charge in [0, 0.05) is 25.2 Å². The summed E-state index contributed by atoms with van der Waals surface area (Å²) >= 11 is 5.72. The highest BCUT2D eigenvalue weighted by Crippen LogP contribution is 2.27. The lowest BCUT2D eigenvalue weighted by Gasteiger charge is -2.43. The van der Waals surface area contributed by atoms with E-state index in [1.807, 2.05) is 0 Å². The number of piperazine rings is 1. The van der Waals surface area contributed by atoms with Crippen molar-refractivity contribution in [3.8, 4) is 0 Å². The van der Waals surface area contributed by atoms with Gasteiger partial charge in [0.25, 0.3) is 5.91 Å². The molecule has 1 aliphatic heterocycles. The predicted molar refractivity (Wildman–Crippen MR) is 91.6 cm³/mol. The molecule has 26 heavy (non-hydrogen) atoms. The van der Waals surface area contributed by atoms with E-state index < -0.39 is 21.9 Å². The number of nitrogens with one attached hydrogen (secondary N) is 1. The van der Waals surface area contributed by atoms with Gasteiger partial charge in [-0.3, -0.25) is 9.89 Å². The predicted octanol–water partition coefficient (Wildman–Crippen LogP) is 1.52. The molecule has 1 fully saturated rings. The minimum absolute atomic E-state index is 0.0829. The van der Waals surface area contributed by atoms with Crippen molar-refractivity contribution in [1.82, 2.24) is 24.6 Å². The molecule has 1 aliphatic rings. The van der Waals surface area contributed by atoms with Crippen LogP contribution in [0.4, 0.5) is 4.39 Å². The van der Waals surface area contributed by atoms with Gasteiger partial charge in [0.2, 0.25) is 10.0 Å². The molecule has 1 saturated heterocycles. The first-order chi connectivity index (χ1) is 12.2. The van der Waals surface area contributed by atoms with Crippen molar-refractivity contribution in [3.63, 3.8) is 0 Å². The summed E-state index contributed by atoms with van der Waals surface area (Å²) in [4.78, 5) is 14.0. The van der Waals surface area contributed by atoms with Gasteiger partial charge in [-0.1, -0.05) is 16.8 Å². The lowest BCUT2D eigenvalue weighted by atomic mass is 10.1. The minimum atomic E-state index is -3.87. The lowest BCUT2D eigenvalue weighted by Crippen LogP contribution is -2.59. The molecule has 2 atom stereocenters. The highest BCUT2D eigenvalue weighted by atomic mass is 35.5. The molecule has 11 heteroatoms. The van der Waals surface area contributed by atoms with Gasteiger partial charge in [0.05, 0.1) is 16.1 Å². The molecule has 1 N–H and O–H groups in total. The quantitative estimate of drug-likeness (QED) is 0.840. The molecule has 140 valence electrons. The third-order valence-electron chi connectivity index (χ3n) is 4.33. The number of sulfonamides is 1. The van der Waals surface area contributed by atoms with Crippen molar-refractivity contribution in [2.75, 3.05) is 13.1 Å². The highest BCUT2D eigenvalue weighted by Gasteiger charge is 2.39. The number of hydrogen-bond donors (Lipinski definition) is 1.